The zero-order valence-corrected chi connectivity index (χ0v) is 12.1. The second-order valence-corrected chi connectivity index (χ2v) is 5.21. The molecule has 104 valence electrons. The monoisotopic (exact) mass is 261 g/mol. The van der Waals surface area contributed by atoms with E-state index < -0.39 is 0 Å². The summed E-state index contributed by atoms with van der Waals surface area (Å²) in [5.41, 5.74) is 0.725. The van der Waals surface area contributed by atoms with Gasteiger partial charge >= 0.3 is 0 Å². The van der Waals surface area contributed by atoms with Gasteiger partial charge in [0.05, 0.1) is 5.56 Å². The quantitative estimate of drug-likeness (QED) is 0.779. The molecule has 0 aromatic carbocycles. The van der Waals surface area contributed by atoms with Crippen molar-refractivity contribution in [1.29, 1.82) is 0 Å². The Balaban J connectivity index is 2.12. The van der Waals surface area contributed by atoms with Gasteiger partial charge in [-0.25, -0.2) is 4.98 Å². The highest BCUT2D eigenvalue weighted by Gasteiger charge is 2.24. The number of rotatable bonds is 4. The summed E-state index contributed by atoms with van der Waals surface area (Å²) in [4.78, 5) is 20.7. The van der Waals surface area contributed by atoms with Crippen LogP contribution in [0.4, 0.5) is 5.82 Å². The summed E-state index contributed by atoms with van der Waals surface area (Å²) in [6.07, 6.45) is 4.04. The van der Waals surface area contributed by atoms with Crippen LogP contribution in [0.25, 0.3) is 0 Å². The summed E-state index contributed by atoms with van der Waals surface area (Å²) in [5.74, 6) is 0.908. The zero-order chi connectivity index (χ0) is 13.8. The van der Waals surface area contributed by atoms with Crippen LogP contribution >= 0.6 is 0 Å². The molecule has 0 atom stereocenters. The molecule has 0 amide bonds. The maximum Gasteiger partial charge on any atom is 0.163 e. The van der Waals surface area contributed by atoms with Gasteiger partial charge in [-0.2, -0.15) is 0 Å². The second kappa shape index (κ2) is 6.15. The molecule has 19 heavy (non-hydrogen) atoms. The number of piperidine rings is 1. The standard InChI is InChI=1S/C15H23N3O/c1-4-18-10-7-13(8-11-18)17(3)15-14(12(2)19)6-5-9-16-15/h5-6,9,13H,4,7-8,10-11H2,1-3H3. The van der Waals surface area contributed by atoms with Crippen LogP contribution in [-0.4, -0.2) is 48.4 Å². The maximum absolute atomic E-state index is 11.7. The highest BCUT2D eigenvalue weighted by molar-refractivity contribution is 5.98. The predicted molar refractivity (Wildman–Crippen MR) is 77.8 cm³/mol. The van der Waals surface area contributed by atoms with Gasteiger partial charge in [-0.05, 0) is 38.4 Å². The molecular weight excluding hydrogens is 238 g/mol. The molecule has 0 N–H and O–H groups in total. The third kappa shape index (κ3) is 3.13. The van der Waals surface area contributed by atoms with Gasteiger partial charge < -0.3 is 9.80 Å². The maximum atomic E-state index is 11.7. The van der Waals surface area contributed by atoms with E-state index in [1.54, 1.807) is 13.1 Å². The first-order chi connectivity index (χ1) is 9.13. The Hall–Kier alpha value is -1.42. The van der Waals surface area contributed by atoms with Crippen LogP contribution in [0.5, 0.6) is 0 Å². The van der Waals surface area contributed by atoms with Crippen LogP contribution in [0.15, 0.2) is 18.3 Å². The van der Waals surface area contributed by atoms with Gasteiger partial charge in [0.25, 0.3) is 0 Å². The molecule has 0 bridgehead atoms. The lowest BCUT2D eigenvalue weighted by molar-refractivity contribution is 0.101. The molecule has 2 heterocycles. The van der Waals surface area contributed by atoms with Gasteiger partial charge in [0.15, 0.2) is 5.78 Å². The van der Waals surface area contributed by atoms with Gasteiger partial charge in [-0.3, -0.25) is 4.79 Å². The first-order valence-electron chi connectivity index (χ1n) is 7.04. The number of Topliss-reactive ketones (excluding diaryl/α,β-unsaturated/α-hetero) is 1. The Morgan fingerprint density at radius 1 is 1.47 bits per heavy atom. The summed E-state index contributed by atoms with van der Waals surface area (Å²) in [7, 11) is 2.06. The third-order valence-corrected chi connectivity index (χ3v) is 4.05. The highest BCUT2D eigenvalue weighted by Crippen LogP contribution is 2.23. The minimum Gasteiger partial charge on any atom is -0.356 e. The molecule has 0 spiro atoms. The van der Waals surface area contributed by atoms with Crippen LogP contribution < -0.4 is 4.90 Å². The average Bonchev–Trinajstić information content (AvgIpc) is 2.46. The van der Waals surface area contributed by atoms with Gasteiger partial charge in [-0.15, -0.1) is 0 Å². The second-order valence-electron chi connectivity index (χ2n) is 5.21. The molecule has 1 aromatic rings. The predicted octanol–water partition coefficient (Wildman–Crippen LogP) is 2.20. The molecule has 1 aliphatic heterocycles. The number of nitrogens with zero attached hydrogens (tertiary/aromatic N) is 3. The van der Waals surface area contributed by atoms with Crippen molar-refractivity contribution in [3.05, 3.63) is 23.9 Å². The molecule has 1 saturated heterocycles. The third-order valence-electron chi connectivity index (χ3n) is 4.05. The van der Waals surface area contributed by atoms with E-state index >= 15 is 0 Å². The topological polar surface area (TPSA) is 36.4 Å². The first-order valence-corrected chi connectivity index (χ1v) is 7.04. The Bertz CT molecular complexity index is 439. The van der Waals surface area contributed by atoms with Crippen LogP contribution in [0.3, 0.4) is 0 Å². The van der Waals surface area contributed by atoms with E-state index in [0.29, 0.717) is 6.04 Å². The molecule has 1 aromatic heterocycles. The van der Waals surface area contributed by atoms with Crippen LogP contribution in [0.2, 0.25) is 0 Å². The number of carbonyl (C=O) groups excluding carboxylic acids is 1. The molecule has 2 rings (SSSR count). The number of pyridine rings is 1. The number of carbonyl (C=O) groups is 1. The molecule has 1 fully saturated rings. The lowest BCUT2D eigenvalue weighted by Crippen LogP contribution is -2.44. The molecule has 4 nitrogen and oxygen atoms in total. The number of likely N-dealkylation sites (tertiary alicyclic amines) is 1. The number of hydrogen-bond donors (Lipinski definition) is 0. The zero-order valence-electron chi connectivity index (χ0n) is 12.1. The van der Waals surface area contributed by atoms with Crippen molar-refractivity contribution in [2.75, 3.05) is 31.6 Å². The molecule has 0 aliphatic carbocycles. The average molecular weight is 261 g/mol. The molecule has 0 saturated carbocycles. The van der Waals surface area contributed by atoms with Crippen molar-refractivity contribution in [3.8, 4) is 0 Å². The van der Waals surface area contributed by atoms with E-state index in [1.165, 1.54) is 0 Å². The van der Waals surface area contributed by atoms with E-state index in [-0.39, 0.29) is 5.78 Å². The van der Waals surface area contributed by atoms with Crippen molar-refractivity contribution in [3.63, 3.8) is 0 Å². The summed E-state index contributed by atoms with van der Waals surface area (Å²) in [6, 6.07) is 4.17. The van der Waals surface area contributed by atoms with Gasteiger partial charge in [0.1, 0.15) is 5.82 Å². The normalized spacial score (nSPS) is 17.4. The smallest absolute Gasteiger partial charge is 0.163 e. The van der Waals surface area contributed by atoms with Crippen molar-refractivity contribution in [1.82, 2.24) is 9.88 Å². The lowest BCUT2D eigenvalue weighted by atomic mass is 10.0. The largest absolute Gasteiger partial charge is 0.356 e. The highest BCUT2D eigenvalue weighted by atomic mass is 16.1. The molecular formula is C15H23N3O. The Morgan fingerprint density at radius 2 is 2.16 bits per heavy atom. The molecule has 1 aliphatic rings. The Labute approximate surface area is 115 Å². The van der Waals surface area contributed by atoms with Crippen LogP contribution in [0, 0.1) is 0 Å². The minimum atomic E-state index is 0.0842. The molecule has 0 radical (unpaired) electrons. The minimum absolute atomic E-state index is 0.0842. The van der Waals surface area contributed by atoms with Crippen molar-refractivity contribution in [2.45, 2.75) is 32.7 Å². The van der Waals surface area contributed by atoms with E-state index in [1.807, 2.05) is 12.1 Å². The van der Waals surface area contributed by atoms with Crippen molar-refractivity contribution < 1.29 is 4.79 Å². The lowest BCUT2D eigenvalue weighted by Gasteiger charge is -2.37. The fraction of sp³-hybridized carbons (Fsp3) is 0.600. The van der Waals surface area contributed by atoms with Crippen LogP contribution in [-0.2, 0) is 0 Å². The molecule has 4 heteroatoms. The number of aromatic nitrogens is 1. The van der Waals surface area contributed by atoms with E-state index in [4.69, 9.17) is 0 Å². The summed E-state index contributed by atoms with van der Waals surface area (Å²) < 4.78 is 0. The number of anilines is 1. The van der Waals surface area contributed by atoms with Gasteiger partial charge in [-0.1, -0.05) is 6.92 Å². The van der Waals surface area contributed by atoms with E-state index in [9.17, 15) is 4.79 Å². The SMILES string of the molecule is CCN1CCC(N(C)c2ncccc2C(C)=O)CC1. The Morgan fingerprint density at radius 3 is 2.74 bits per heavy atom. The first kappa shape index (κ1) is 14.0. The fourth-order valence-electron chi connectivity index (χ4n) is 2.75. The van der Waals surface area contributed by atoms with E-state index in [0.717, 1.165) is 43.9 Å². The van der Waals surface area contributed by atoms with Gasteiger partial charge in [0.2, 0.25) is 0 Å². The summed E-state index contributed by atoms with van der Waals surface area (Å²) in [5, 5.41) is 0. The number of ketones is 1. The van der Waals surface area contributed by atoms with Crippen molar-refractivity contribution in [2.24, 2.45) is 0 Å². The van der Waals surface area contributed by atoms with Crippen LogP contribution in [0.1, 0.15) is 37.0 Å². The molecule has 0 unspecified atom stereocenters. The Kier molecular flexibility index (Phi) is 4.53. The number of hydrogen-bond acceptors (Lipinski definition) is 4. The summed E-state index contributed by atoms with van der Waals surface area (Å²) in [6.45, 7) is 7.20. The fourth-order valence-corrected chi connectivity index (χ4v) is 2.75. The van der Waals surface area contributed by atoms with E-state index in [2.05, 4.69) is 28.8 Å². The summed E-state index contributed by atoms with van der Waals surface area (Å²) >= 11 is 0. The van der Waals surface area contributed by atoms with Gasteiger partial charge in [0, 0.05) is 32.4 Å². The van der Waals surface area contributed by atoms with Crippen molar-refractivity contribution >= 4 is 11.6 Å².